The zero-order valence-electron chi connectivity index (χ0n) is 8.83. The molecule has 1 heterocycles. The third-order valence-corrected chi connectivity index (χ3v) is 3.68. The lowest BCUT2D eigenvalue weighted by atomic mass is 10.1. The predicted molar refractivity (Wildman–Crippen MR) is 71.9 cm³/mol. The second-order valence-corrected chi connectivity index (χ2v) is 5.04. The maximum atomic E-state index is 11.7. The third-order valence-electron chi connectivity index (χ3n) is 2.31. The van der Waals surface area contributed by atoms with Gasteiger partial charge in [-0.1, -0.05) is 12.2 Å². The molecule has 3 nitrogen and oxygen atoms in total. The van der Waals surface area contributed by atoms with Crippen molar-refractivity contribution in [3.8, 4) is 11.5 Å². The Morgan fingerprint density at radius 1 is 1.41 bits per heavy atom. The van der Waals surface area contributed by atoms with Crippen molar-refractivity contribution < 1.29 is 14.6 Å². The second kappa shape index (κ2) is 4.66. The van der Waals surface area contributed by atoms with Crippen LogP contribution >= 0.6 is 31.9 Å². The predicted octanol–water partition coefficient (Wildman–Crippen LogP) is 3.80. The van der Waals surface area contributed by atoms with E-state index < -0.39 is 5.97 Å². The van der Waals surface area contributed by atoms with Crippen molar-refractivity contribution in [2.24, 2.45) is 0 Å². The van der Waals surface area contributed by atoms with E-state index in [4.69, 9.17) is 4.74 Å². The van der Waals surface area contributed by atoms with Crippen LogP contribution in [0.15, 0.2) is 33.2 Å². The summed E-state index contributed by atoms with van der Waals surface area (Å²) in [4.78, 5) is 11.7. The molecule has 1 aromatic carbocycles. The summed E-state index contributed by atoms with van der Waals surface area (Å²) in [5.74, 6) is 0.0621. The molecule has 1 aliphatic heterocycles. The fourth-order valence-corrected chi connectivity index (χ4v) is 2.81. The van der Waals surface area contributed by atoms with Crippen LogP contribution in [-0.4, -0.2) is 11.1 Å². The van der Waals surface area contributed by atoms with E-state index in [0.29, 0.717) is 25.8 Å². The Balaban J connectivity index is 2.68. The van der Waals surface area contributed by atoms with E-state index in [1.807, 2.05) is 13.0 Å². The number of phenolic OH excluding ortho intramolecular Hbond substituents is 1. The molecular formula is C12H8Br2O3. The molecule has 0 saturated heterocycles. The first kappa shape index (κ1) is 12.4. The number of rotatable bonds is 1. The third kappa shape index (κ3) is 2.05. The van der Waals surface area contributed by atoms with E-state index in [0.717, 1.165) is 0 Å². The van der Waals surface area contributed by atoms with Gasteiger partial charge in [-0.3, -0.25) is 0 Å². The van der Waals surface area contributed by atoms with Gasteiger partial charge >= 0.3 is 5.97 Å². The highest BCUT2D eigenvalue weighted by Crippen LogP contribution is 2.47. The zero-order valence-corrected chi connectivity index (χ0v) is 12.0. The molecule has 0 aliphatic carbocycles. The van der Waals surface area contributed by atoms with Crippen LogP contribution in [0.1, 0.15) is 12.5 Å². The zero-order chi connectivity index (χ0) is 12.6. The number of hydrogen-bond donors (Lipinski definition) is 1. The normalized spacial score (nSPS) is 16.6. The second-order valence-electron chi connectivity index (χ2n) is 3.39. The Morgan fingerprint density at radius 2 is 2.12 bits per heavy atom. The summed E-state index contributed by atoms with van der Waals surface area (Å²) in [6.45, 7) is 1.85. The van der Waals surface area contributed by atoms with Gasteiger partial charge in [-0.15, -0.1) is 0 Å². The highest BCUT2D eigenvalue weighted by Gasteiger charge is 2.31. The molecule has 0 bridgehead atoms. The van der Waals surface area contributed by atoms with Gasteiger partial charge in [-0.05, 0) is 50.9 Å². The molecule has 2 rings (SSSR count). The first-order valence-corrected chi connectivity index (χ1v) is 6.41. The molecule has 0 fully saturated rings. The highest BCUT2D eigenvalue weighted by molar-refractivity contribution is 9.11. The van der Waals surface area contributed by atoms with Crippen LogP contribution in [0.2, 0.25) is 0 Å². The van der Waals surface area contributed by atoms with Gasteiger partial charge in [0.1, 0.15) is 11.5 Å². The van der Waals surface area contributed by atoms with E-state index in [-0.39, 0.29) is 5.75 Å². The topological polar surface area (TPSA) is 46.5 Å². The summed E-state index contributed by atoms with van der Waals surface area (Å²) >= 11 is 6.45. The molecule has 1 N–H and O–H groups in total. The van der Waals surface area contributed by atoms with E-state index in [1.54, 1.807) is 18.2 Å². The van der Waals surface area contributed by atoms with Crippen LogP contribution < -0.4 is 4.74 Å². The maximum Gasteiger partial charge on any atom is 0.344 e. The standard InChI is InChI=1S/C12H8Br2O3/c1-2-3-4-6-9-8(17-12(6)16)5-7(13)11(15)10(9)14/h2-5,15H,1H3. The van der Waals surface area contributed by atoms with Crippen LogP contribution in [-0.2, 0) is 4.79 Å². The Hall–Kier alpha value is -1.07. The molecular weight excluding hydrogens is 352 g/mol. The van der Waals surface area contributed by atoms with Crippen LogP contribution in [0.4, 0.5) is 0 Å². The molecule has 5 heteroatoms. The number of hydrogen-bond acceptors (Lipinski definition) is 3. The maximum absolute atomic E-state index is 11.7. The lowest BCUT2D eigenvalue weighted by Crippen LogP contribution is -2.00. The largest absolute Gasteiger partial charge is 0.506 e. The van der Waals surface area contributed by atoms with Crippen molar-refractivity contribution in [2.45, 2.75) is 6.92 Å². The molecule has 1 aliphatic rings. The fourth-order valence-electron chi connectivity index (χ4n) is 1.52. The van der Waals surface area contributed by atoms with Crippen molar-refractivity contribution in [1.29, 1.82) is 0 Å². The van der Waals surface area contributed by atoms with Gasteiger partial charge in [0.05, 0.1) is 14.5 Å². The summed E-state index contributed by atoms with van der Waals surface area (Å²) in [5, 5.41) is 9.79. The molecule has 0 radical (unpaired) electrons. The molecule has 0 atom stereocenters. The highest BCUT2D eigenvalue weighted by atomic mass is 79.9. The summed E-state index contributed by atoms with van der Waals surface area (Å²) in [5.41, 5.74) is 1.00. The fraction of sp³-hybridized carbons (Fsp3) is 0.0833. The summed E-state index contributed by atoms with van der Waals surface area (Å²) in [6, 6.07) is 1.57. The first-order valence-electron chi connectivity index (χ1n) is 4.82. The number of phenols is 1. The SMILES string of the molecule is CC=CC=C1C(=O)Oc2cc(Br)c(O)c(Br)c21. The van der Waals surface area contributed by atoms with Gasteiger partial charge in [0.25, 0.3) is 0 Å². The number of benzene rings is 1. The Labute approximate surface area is 115 Å². The summed E-state index contributed by atoms with van der Waals surface area (Å²) in [7, 11) is 0. The molecule has 17 heavy (non-hydrogen) atoms. The van der Waals surface area contributed by atoms with E-state index in [9.17, 15) is 9.90 Å². The summed E-state index contributed by atoms with van der Waals surface area (Å²) in [6.07, 6.45) is 5.22. The van der Waals surface area contributed by atoms with Gasteiger partial charge in [-0.25, -0.2) is 4.79 Å². The minimum Gasteiger partial charge on any atom is -0.506 e. The number of aromatic hydroxyl groups is 1. The van der Waals surface area contributed by atoms with E-state index in [2.05, 4.69) is 31.9 Å². The van der Waals surface area contributed by atoms with Crippen LogP contribution in [0.5, 0.6) is 11.5 Å². The summed E-state index contributed by atoms with van der Waals surface area (Å²) < 4.78 is 6.04. The van der Waals surface area contributed by atoms with Crippen molar-refractivity contribution in [2.75, 3.05) is 0 Å². The van der Waals surface area contributed by atoms with Crippen LogP contribution in [0, 0.1) is 0 Å². The van der Waals surface area contributed by atoms with Gasteiger partial charge in [-0.2, -0.15) is 0 Å². The average Bonchev–Trinajstić information content (AvgIpc) is 2.59. The number of ether oxygens (including phenoxy) is 1. The van der Waals surface area contributed by atoms with Crippen molar-refractivity contribution in [1.82, 2.24) is 0 Å². The van der Waals surface area contributed by atoms with Gasteiger partial charge < -0.3 is 9.84 Å². The molecule has 0 aromatic heterocycles. The van der Waals surface area contributed by atoms with Gasteiger partial charge in [0.15, 0.2) is 0 Å². The average molecular weight is 360 g/mol. The van der Waals surface area contributed by atoms with Crippen LogP contribution in [0.25, 0.3) is 5.57 Å². The number of esters is 1. The van der Waals surface area contributed by atoms with E-state index in [1.165, 1.54) is 0 Å². The lowest BCUT2D eigenvalue weighted by Gasteiger charge is -2.04. The van der Waals surface area contributed by atoms with Gasteiger partial charge in [0, 0.05) is 5.56 Å². The number of carbonyl (C=O) groups is 1. The minimum atomic E-state index is -0.420. The smallest absolute Gasteiger partial charge is 0.344 e. The van der Waals surface area contributed by atoms with Crippen molar-refractivity contribution >= 4 is 43.4 Å². The van der Waals surface area contributed by atoms with Crippen molar-refractivity contribution in [3.05, 3.63) is 38.8 Å². The van der Waals surface area contributed by atoms with Crippen LogP contribution in [0.3, 0.4) is 0 Å². The molecule has 0 saturated carbocycles. The molecule has 0 amide bonds. The van der Waals surface area contributed by atoms with Crippen molar-refractivity contribution in [3.63, 3.8) is 0 Å². The molecule has 88 valence electrons. The molecule has 0 spiro atoms. The Morgan fingerprint density at radius 3 is 2.76 bits per heavy atom. The monoisotopic (exact) mass is 358 g/mol. The number of carbonyl (C=O) groups excluding carboxylic acids is 1. The number of fused-ring (bicyclic) bond motifs is 1. The quantitative estimate of drug-likeness (QED) is 0.471. The minimum absolute atomic E-state index is 0.0495. The molecule has 0 unspecified atom stereocenters. The van der Waals surface area contributed by atoms with E-state index >= 15 is 0 Å². The first-order chi connectivity index (χ1) is 8.06. The Bertz CT molecular complexity index is 559. The number of allylic oxidation sites excluding steroid dienone is 3. The Kier molecular flexibility index (Phi) is 3.40. The van der Waals surface area contributed by atoms with Gasteiger partial charge in [0.2, 0.25) is 0 Å². The lowest BCUT2D eigenvalue weighted by molar-refractivity contribution is -0.126. The molecule has 1 aromatic rings. The number of halogens is 2.